The molecular weight excluding hydrogens is 152 g/mol. The molecule has 0 unspecified atom stereocenters. The van der Waals surface area contributed by atoms with Gasteiger partial charge in [-0.1, -0.05) is 0 Å². The van der Waals surface area contributed by atoms with E-state index in [-0.39, 0.29) is 0 Å². The van der Waals surface area contributed by atoms with Gasteiger partial charge in [-0.15, -0.1) is 0 Å². The van der Waals surface area contributed by atoms with Crippen molar-refractivity contribution in [2.45, 2.75) is 0 Å². The van der Waals surface area contributed by atoms with Crippen LogP contribution >= 0.6 is 0 Å². The first kappa shape index (κ1) is 8.52. The summed E-state index contributed by atoms with van der Waals surface area (Å²) >= 11 is 0. The lowest BCUT2D eigenvalue weighted by Gasteiger charge is -2.12. The number of nitrogens with zero attached hydrogens (tertiary/aromatic N) is 2. The molecule has 0 saturated heterocycles. The molecule has 0 aliphatic carbocycles. The summed E-state index contributed by atoms with van der Waals surface area (Å²) < 4.78 is 0. The fraction of sp³-hybridized carbons (Fsp3) is 0.250. The summed E-state index contributed by atoms with van der Waals surface area (Å²) in [5.41, 5.74) is 0.920. The molecule has 0 atom stereocenters. The molecule has 0 aliphatic rings. The van der Waals surface area contributed by atoms with Crippen LogP contribution in [-0.4, -0.2) is 36.2 Å². The molecule has 1 rings (SSSR count). The monoisotopic (exact) mass is 164 g/mol. The Morgan fingerprint density at radius 2 is 2.42 bits per heavy atom. The van der Waals surface area contributed by atoms with Crippen LogP contribution in [-0.2, 0) is 0 Å². The fourth-order valence-corrected chi connectivity index (χ4v) is 0.956. The number of H-pyrrole nitrogens is 1. The average Bonchev–Trinajstić information content (AvgIpc) is 2.51. The lowest BCUT2D eigenvalue weighted by atomic mass is 10.4. The van der Waals surface area contributed by atoms with Crippen LogP contribution in [0.2, 0.25) is 0 Å². The van der Waals surface area contributed by atoms with E-state index in [2.05, 4.69) is 9.98 Å². The molecule has 1 heterocycles. The predicted octanol–water partition coefficient (Wildman–Crippen LogP) is 0.930. The Morgan fingerprint density at radius 1 is 1.67 bits per heavy atom. The minimum atomic E-state index is 0.759. The third-order valence-electron chi connectivity index (χ3n) is 1.45. The predicted molar refractivity (Wildman–Crippen MR) is 49.8 cm³/mol. The molecule has 4 heteroatoms. The van der Waals surface area contributed by atoms with Gasteiger partial charge in [0.05, 0.1) is 5.69 Å². The highest BCUT2D eigenvalue weighted by Gasteiger charge is 2.04. The summed E-state index contributed by atoms with van der Waals surface area (Å²) in [4.78, 5) is 8.80. The molecule has 1 aromatic rings. The first-order valence-electron chi connectivity index (χ1n) is 3.63. The third-order valence-corrected chi connectivity index (χ3v) is 1.45. The van der Waals surface area contributed by atoms with Gasteiger partial charge in [0.15, 0.2) is 5.84 Å². The topological polar surface area (TPSA) is 55.2 Å². The van der Waals surface area contributed by atoms with Gasteiger partial charge in [0.1, 0.15) is 6.34 Å². The molecule has 12 heavy (non-hydrogen) atoms. The van der Waals surface area contributed by atoms with E-state index < -0.39 is 0 Å². The van der Waals surface area contributed by atoms with Crippen molar-refractivity contribution in [1.82, 2.24) is 9.88 Å². The van der Waals surface area contributed by atoms with Gasteiger partial charge in [0, 0.05) is 20.3 Å². The molecule has 0 aliphatic heterocycles. The number of aromatic amines is 1. The Kier molecular flexibility index (Phi) is 2.63. The molecule has 0 aromatic carbocycles. The van der Waals surface area contributed by atoms with E-state index >= 15 is 0 Å². The molecule has 2 N–H and O–H groups in total. The zero-order chi connectivity index (χ0) is 8.97. The first-order valence-corrected chi connectivity index (χ1v) is 3.63. The fourth-order valence-electron chi connectivity index (χ4n) is 0.956. The van der Waals surface area contributed by atoms with Crippen LogP contribution in [0.5, 0.6) is 0 Å². The van der Waals surface area contributed by atoms with E-state index in [1.807, 2.05) is 37.3 Å². The summed E-state index contributed by atoms with van der Waals surface area (Å²) in [6.07, 6.45) is 2.87. The van der Waals surface area contributed by atoms with Crippen LogP contribution in [0, 0.1) is 5.41 Å². The van der Waals surface area contributed by atoms with E-state index in [9.17, 15) is 0 Å². The quantitative estimate of drug-likeness (QED) is 0.496. The highest BCUT2D eigenvalue weighted by Crippen LogP contribution is 1.99. The Balaban J connectivity index is 2.96. The van der Waals surface area contributed by atoms with E-state index in [1.54, 1.807) is 0 Å². The summed E-state index contributed by atoms with van der Waals surface area (Å²) in [5.74, 6) is 0.759. The number of hydrogen-bond acceptors (Lipinski definition) is 1. The number of aromatic nitrogens is 1. The van der Waals surface area contributed by atoms with Crippen LogP contribution in [0.1, 0.15) is 5.69 Å². The second-order valence-corrected chi connectivity index (χ2v) is 2.56. The van der Waals surface area contributed by atoms with E-state index in [4.69, 9.17) is 5.41 Å². The maximum Gasteiger partial charge on any atom is 0.153 e. The minimum absolute atomic E-state index is 0.759. The highest BCUT2D eigenvalue weighted by atomic mass is 15.1. The normalized spacial score (nSPS) is 11.3. The van der Waals surface area contributed by atoms with Crippen molar-refractivity contribution in [2.75, 3.05) is 14.1 Å². The van der Waals surface area contributed by atoms with Gasteiger partial charge in [0.2, 0.25) is 0 Å². The largest absolute Gasteiger partial charge is 0.361 e. The molecule has 0 spiro atoms. The van der Waals surface area contributed by atoms with Gasteiger partial charge < -0.3 is 9.88 Å². The maximum atomic E-state index is 6.88. The minimum Gasteiger partial charge on any atom is -0.361 e. The Labute approximate surface area is 71.4 Å². The van der Waals surface area contributed by atoms with Gasteiger partial charge >= 0.3 is 0 Å². The second-order valence-electron chi connectivity index (χ2n) is 2.56. The molecule has 1 aromatic heterocycles. The smallest absolute Gasteiger partial charge is 0.153 e. The number of nitrogens with one attached hydrogen (secondary N) is 2. The highest BCUT2D eigenvalue weighted by molar-refractivity contribution is 6.00. The van der Waals surface area contributed by atoms with Crippen molar-refractivity contribution in [3.63, 3.8) is 0 Å². The molecule has 0 radical (unpaired) electrons. The van der Waals surface area contributed by atoms with E-state index in [0.717, 1.165) is 17.9 Å². The van der Waals surface area contributed by atoms with Crippen LogP contribution in [0.25, 0.3) is 0 Å². The second kappa shape index (κ2) is 3.71. The molecular formula is C8H12N4. The van der Waals surface area contributed by atoms with E-state index in [1.165, 1.54) is 0 Å². The van der Waals surface area contributed by atoms with E-state index in [0.29, 0.717) is 0 Å². The summed E-state index contributed by atoms with van der Waals surface area (Å²) in [6, 6.07) is 3.82. The molecule has 0 amide bonds. The molecule has 0 fully saturated rings. The molecule has 0 saturated carbocycles. The Hall–Kier alpha value is -1.58. The third kappa shape index (κ3) is 1.72. The first-order chi connectivity index (χ1) is 5.75. The van der Waals surface area contributed by atoms with Crippen molar-refractivity contribution in [3.05, 3.63) is 24.0 Å². The van der Waals surface area contributed by atoms with Crippen molar-refractivity contribution in [2.24, 2.45) is 4.99 Å². The Morgan fingerprint density at radius 3 is 2.83 bits per heavy atom. The standard InChI is InChI=1S/C8H12N4/c1-12(2)8(11-6-9)7-4-3-5-10-7/h3-6,9-10H,1-2H3. The molecule has 0 bridgehead atoms. The van der Waals surface area contributed by atoms with Gasteiger partial charge in [0.25, 0.3) is 0 Å². The number of rotatable bonds is 2. The van der Waals surface area contributed by atoms with Gasteiger partial charge in [-0.25, -0.2) is 4.99 Å². The van der Waals surface area contributed by atoms with Gasteiger partial charge in [-0.2, -0.15) is 0 Å². The van der Waals surface area contributed by atoms with Gasteiger partial charge in [-0.05, 0) is 12.1 Å². The van der Waals surface area contributed by atoms with Gasteiger partial charge in [-0.3, -0.25) is 5.41 Å². The zero-order valence-electron chi connectivity index (χ0n) is 7.20. The summed E-state index contributed by atoms with van der Waals surface area (Å²) in [5, 5.41) is 6.88. The van der Waals surface area contributed by atoms with Crippen LogP contribution in [0.3, 0.4) is 0 Å². The zero-order valence-corrected chi connectivity index (χ0v) is 7.20. The van der Waals surface area contributed by atoms with Crippen LogP contribution in [0.15, 0.2) is 23.3 Å². The SMILES string of the molecule is CN(C)C(=NC=N)c1ccc[nH]1. The average molecular weight is 164 g/mol. The lowest BCUT2D eigenvalue weighted by Crippen LogP contribution is -2.23. The summed E-state index contributed by atoms with van der Waals surface area (Å²) in [6.45, 7) is 0. The molecule has 4 nitrogen and oxygen atoms in total. The van der Waals surface area contributed by atoms with Crippen LogP contribution in [0.4, 0.5) is 0 Å². The summed E-state index contributed by atoms with van der Waals surface area (Å²) in [7, 11) is 3.78. The maximum absolute atomic E-state index is 6.88. The van der Waals surface area contributed by atoms with Crippen LogP contribution < -0.4 is 0 Å². The van der Waals surface area contributed by atoms with Crippen molar-refractivity contribution in [3.8, 4) is 0 Å². The van der Waals surface area contributed by atoms with Crippen molar-refractivity contribution >= 4 is 12.2 Å². The van der Waals surface area contributed by atoms with Crippen molar-refractivity contribution in [1.29, 1.82) is 5.41 Å². The molecule has 64 valence electrons. The number of amidine groups is 1. The Bertz CT molecular complexity index is 271. The number of aliphatic imine (C=N–C) groups is 1. The van der Waals surface area contributed by atoms with Crippen molar-refractivity contribution < 1.29 is 0 Å². The lowest BCUT2D eigenvalue weighted by molar-refractivity contribution is 0.623. The number of hydrogen-bond donors (Lipinski definition) is 2.